The molecule has 0 radical (unpaired) electrons. The van der Waals surface area contributed by atoms with Crippen LogP contribution >= 0.6 is 23.4 Å². The molecule has 1 amide bonds. The Labute approximate surface area is 143 Å². The van der Waals surface area contributed by atoms with Gasteiger partial charge in [0.25, 0.3) is 5.03 Å². The van der Waals surface area contributed by atoms with Gasteiger partial charge in [-0.15, -0.1) is 0 Å². The maximum absolute atomic E-state index is 13.0. The number of hydrogen-bond donors (Lipinski definition) is 1. The highest BCUT2D eigenvalue weighted by Crippen LogP contribution is 2.37. The first-order valence-corrected chi connectivity index (χ1v) is 7.72. The lowest BCUT2D eigenvalue weighted by atomic mass is 10.1. The van der Waals surface area contributed by atoms with Gasteiger partial charge >= 0.3 is 6.18 Å². The van der Waals surface area contributed by atoms with Crippen molar-refractivity contribution in [3.8, 4) is 5.95 Å². The molecule has 1 heterocycles. The molecular formula is C13H11ClF3N3O3S. The summed E-state index contributed by atoms with van der Waals surface area (Å²) in [4.78, 5) is 12.1. The van der Waals surface area contributed by atoms with Gasteiger partial charge in [0.05, 0.1) is 21.8 Å². The topological polar surface area (TPSA) is 82.1 Å². The molecule has 2 aromatic rings. The maximum Gasteiger partial charge on any atom is 0.418 e. The highest BCUT2D eigenvalue weighted by molar-refractivity contribution is 8.00. The molecule has 0 aliphatic heterocycles. The minimum absolute atomic E-state index is 0.0600. The van der Waals surface area contributed by atoms with Crippen LogP contribution in [0.4, 0.5) is 18.9 Å². The summed E-state index contributed by atoms with van der Waals surface area (Å²) >= 11 is 6.40. The zero-order chi connectivity index (χ0) is 18.1. The number of aryl methyl sites for hydroxylation is 1. The summed E-state index contributed by atoms with van der Waals surface area (Å²) in [5.74, 6) is -1.45. The Morgan fingerprint density at radius 2 is 2.17 bits per heavy atom. The van der Waals surface area contributed by atoms with Crippen molar-refractivity contribution in [2.45, 2.75) is 23.4 Å². The smallest absolute Gasteiger partial charge is 0.418 e. The molecule has 24 heavy (non-hydrogen) atoms. The molecule has 0 saturated carbocycles. The van der Waals surface area contributed by atoms with Crippen molar-refractivity contribution in [1.29, 1.82) is 0 Å². The lowest BCUT2D eigenvalue weighted by Gasteiger charge is -2.16. The second-order valence-electron chi connectivity index (χ2n) is 4.73. The standard InChI is InChI=1S/C13H11ClF3N3O3S/c1-6(24-11-12(22)23-19-20(11)2)10(21)18-9-4-3-7(14)5-8(9)13(15,16)17/h3-6H,1-2H3,(H-,18,19,21,22). The molecule has 11 heteroatoms. The fourth-order valence-electron chi connectivity index (χ4n) is 1.75. The van der Waals surface area contributed by atoms with E-state index in [2.05, 4.69) is 15.1 Å². The molecule has 1 N–H and O–H groups in total. The third-order valence-electron chi connectivity index (χ3n) is 2.92. The summed E-state index contributed by atoms with van der Waals surface area (Å²) in [6.07, 6.45) is -4.67. The number of thioether (sulfide) groups is 1. The molecule has 0 aliphatic carbocycles. The van der Waals surface area contributed by atoms with Crippen LogP contribution in [0.1, 0.15) is 12.5 Å². The Bertz CT molecular complexity index is 747. The number of anilines is 1. The number of rotatable bonds is 4. The number of halogens is 4. The van der Waals surface area contributed by atoms with Crippen LogP contribution in [0.15, 0.2) is 27.7 Å². The number of hydrogen-bond acceptors (Lipinski definition) is 5. The van der Waals surface area contributed by atoms with Gasteiger partial charge in [-0.05, 0) is 36.9 Å². The van der Waals surface area contributed by atoms with Crippen molar-refractivity contribution in [2.75, 3.05) is 5.32 Å². The quantitative estimate of drug-likeness (QED) is 0.649. The Morgan fingerprint density at radius 1 is 1.50 bits per heavy atom. The average Bonchev–Trinajstić information content (AvgIpc) is 2.79. The first-order valence-electron chi connectivity index (χ1n) is 6.47. The van der Waals surface area contributed by atoms with E-state index in [1.807, 2.05) is 0 Å². The van der Waals surface area contributed by atoms with E-state index in [1.54, 1.807) is 0 Å². The number of aromatic nitrogens is 2. The van der Waals surface area contributed by atoms with Crippen LogP contribution in [-0.2, 0) is 18.0 Å². The monoisotopic (exact) mass is 381 g/mol. The second-order valence-corrected chi connectivity index (χ2v) is 6.49. The van der Waals surface area contributed by atoms with E-state index >= 15 is 0 Å². The average molecular weight is 382 g/mol. The SMILES string of the molecule is CC(Sc1c([O-])on[n+]1C)C(=O)Nc1ccc(Cl)cc1C(F)(F)F. The predicted molar refractivity (Wildman–Crippen MR) is 77.5 cm³/mol. The summed E-state index contributed by atoms with van der Waals surface area (Å²) in [5.41, 5.74) is -1.47. The van der Waals surface area contributed by atoms with Gasteiger partial charge in [-0.3, -0.25) is 4.79 Å². The predicted octanol–water partition coefficient (Wildman–Crippen LogP) is 2.36. The van der Waals surface area contributed by atoms with Gasteiger partial charge in [-0.2, -0.15) is 13.2 Å². The number of carbonyl (C=O) groups excluding carboxylic acids is 1. The van der Waals surface area contributed by atoms with E-state index in [9.17, 15) is 23.1 Å². The molecular weight excluding hydrogens is 371 g/mol. The van der Waals surface area contributed by atoms with Crippen molar-refractivity contribution < 1.29 is 32.3 Å². The Kier molecular flexibility index (Phi) is 5.29. The van der Waals surface area contributed by atoms with E-state index < -0.39 is 34.5 Å². The molecule has 1 aromatic heterocycles. The van der Waals surface area contributed by atoms with Gasteiger partial charge < -0.3 is 14.9 Å². The number of amides is 1. The van der Waals surface area contributed by atoms with Gasteiger partial charge in [0.15, 0.2) is 13.0 Å². The molecule has 6 nitrogen and oxygen atoms in total. The molecule has 0 saturated heterocycles. The Morgan fingerprint density at radius 3 is 2.71 bits per heavy atom. The van der Waals surface area contributed by atoms with E-state index in [4.69, 9.17) is 11.6 Å². The molecule has 1 unspecified atom stereocenters. The Hall–Kier alpha value is -1.94. The van der Waals surface area contributed by atoms with Crippen molar-refractivity contribution in [1.82, 2.24) is 5.27 Å². The molecule has 0 bridgehead atoms. The molecule has 0 aliphatic rings. The summed E-state index contributed by atoms with van der Waals surface area (Å²) < 4.78 is 44.6. The van der Waals surface area contributed by atoms with Gasteiger partial charge in [0.1, 0.15) is 0 Å². The first-order chi connectivity index (χ1) is 11.1. The van der Waals surface area contributed by atoms with E-state index in [1.165, 1.54) is 20.0 Å². The third kappa shape index (κ3) is 4.12. The van der Waals surface area contributed by atoms with Crippen LogP contribution in [0.3, 0.4) is 0 Å². The van der Waals surface area contributed by atoms with Gasteiger partial charge in [-0.1, -0.05) is 16.3 Å². The second kappa shape index (κ2) is 6.89. The summed E-state index contributed by atoms with van der Waals surface area (Å²) in [5, 5.41) is 16.1. The number of benzene rings is 1. The van der Waals surface area contributed by atoms with Crippen LogP contribution in [0, 0.1) is 0 Å². The van der Waals surface area contributed by atoms with Crippen LogP contribution in [0.25, 0.3) is 0 Å². The zero-order valence-electron chi connectivity index (χ0n) is 12.3. The van der Waals surface area contributed by atoms with Crippen LogP contribution < -0.4 is 15.1 Å². The molecule has 2 rings (SSSR count). The Balaban J connectivity index is 2.18. The molecule has 130 valence electrons. The molecule has 0 spiro atoms. The van der Waals surface area contributed by atoms with Crippen molar-refractivity contribution in [3.63, 3.8) is 0 Å². The fraction of sp³-hybridized carbons (Fsp3) is 0.308. The number of alkyl halides is 3. The molecule has 1 atom stereocenters. The number of nitrogens with one attached hydrogen (secondary N) is 1. The normalized spacial score (nSPS) is 12.9. The number of nitrogens with zero attached hydrogens (tertiary/aromatic N) is 2. The fourth-order valence-corrected chi connectivity index (χ4v) is 2.74. The van der Waals surface area contributed by atoms with Crippen LogP contribution in [-0.4, -0.2) is 16.4 Å². The number of carbonyl (C=O) groups is 1. The van der Waals surface area contributed by atoms with Crippen molar-refractivity contribution in [2.24, 2.45) is 7.05 Å². The van der Waals surface area contributed by atoms with Gasteiger partial charge in [0, 0.05) is 5.02 Å². The summed E-state index contributed by atoms with van der Waals surface area (Å²) in [6, 6.07) is 3.03. The van der Waals surface area contributed by atoms with Crippen LogP contribution in [0.5, 0.6) is 5.95 Å². The lowest BCUT2D eigenvalue weighted by Crippen LogP contribution is -2.33. The third-order valence-corrected chi connectivity index (χ3v) is 4.37. The summed E-state index contributed by atoms with van der Waals surface area (Å²) in [6.45, 7) is 1.44. The first kappa shape index (κ1) is 18.4. The van der Waals surface area contributed by atoms with Gasteiger partial charge in [0.2, 0.25) is 5.91 Å². The zero-order valence-corrected chi connectivity index (χ0v) is 13.9. The largest absolute Gasteiger partial charge is 0.538 e. The highest BCUT2D eigenvalue weighted by Gasteiger charge is 2.34. The maximum atomic E-state index is 13.0. The van der Waals surface area contributed by atoms with Crippen molar-refractivity contribution >= 4 is 35.0 Å². The van der Waals surface area contributed by atoms with E-state index in [-0.39, 0.29) is 10.0 Å². The minimum atomic E-state index is -4.67. The van der Waals surface area contributed by atoms with E-state index in [0.717, 1.165) is 28.6 Å². The van der Waals surface area contributed by atoms with Crippen molar-refractivity contribution in [3.05, 3.63) is 28.8 Å². The van der Waals surface area contributed by atoms with Gasteiger partial charge in [-0.25, -0.2) is 0 Å². The van der Waals surface area contributed by atoms with Crippen LogP contribution in [0.2, 0.25) is 5.02 Å². The molecule has 1 aromatic carbocycles. The summed E-state index contributed by atoms with van der Waals surface area (Å²) in [7, 11) is 1.44. The minimum Gasteiger partial charge on any atom is -0.538 e. The lowest BCUT2D eigenvalue weighted by molar-refractivity contribution is -0.772. The highest BCUT2D eigenvalue weighted by atomic mass is 35.5. The van der Waals surface area contributed by atoms with E-state index in [0.29, 0.717) is 0 Å². The molecule has 0 fully saturated rings.